The third kappa shape index (κ3) is 2.63. The van der Waals surface area contributed by atoms with Crippen molar-refractivity contribution in [2.75, 3.05) is 0 Å². The summed E-state index contributed by atoms with van der Waals surface area (Å²) >= 11 is 6.93. The molecule has 3 nitrogen and oxygen atoms in total. The molecular weight excluding hydrogens is 461 g/mol. The van der Waals surface area contributed by atoms with Gasteiger partial charge in [-0.1, -0.05) is 0 Å². The lowest BCUT2D eigenvalue weighted by Gasteiger charge is -2.22. The molecule has 0 saturated carbocycles. The summed E-state index contributed by atoms with van der Waals surface area (Å²) in [5.41, 5.74) is 0. The lowest BCUT2D eigenvalue weighted by Crippen LogP contribution is -3.00. The van der Waals surface area contributed by atoms with Gasteiger partial charge >= 0.3 is 5.82 Å². The monoisotopic (exact) mass is 467 g/mol. The van der Waals surface area contributed by atoms with Crippen molar-refractivity contribution < 1.29 is 28.5 Å². The molecule has 1 aromatic heterocycles. The highest BCUT2D eigenvalue weighted by Crippen LogP contribution is 2.21. The molecule has 0 amide bonds. The molecule has 6 heteroatoms. The van der Waals surface area contributed by atoms with E-state index in [1.807, 2.05) is 36.7 Å². The van der Waals surface area contributed by atoms with Gasteiger partial charge in [0, 0.05) is 22.8 Å². The van der Waals surface area contributed by atoms with Crippen molar-refractivity contribution in [1.82, 2.24) is 4.90 Å². The van der Waals surface area contributed by atoms with Crippen LogP contribution in [0.5, 0.6) is 0 Å². The SMILES string of the molecule is BrC1=CN2C[n+]3cc(Br)ccc3N=C2C=C1.[I-]. The number of aromatic nitrogens is 1. The van der Waals surface area contributed by atoms with Crippen molar-refractivity contribution in [2.24, 2.45) is 4.99 Å². The van der Waals surface area contributed by atoms with Gasteiger partial charge in [0.1, 0.15) is 6.20 Å². The number of nitrogens with zero attached hydrogens (tertiary/aromatic N) is 3. The first-order valence-corrected chi connectivity index (χ1v) is 6.41. The Labute approximate surface area is 133 Å². The van der Waals surface area contributed by atoms with Gasteiger partial charge < -0.3 is 24.0 Å². The molecule has 1 aromatic rings. The summed E-state index contributed by atoms with van der Waals surface area (Å²) < 4.78 is 4.22. The third-order valence-corrected chi connectivity index (χ3v) is 3.40. The Morgan fingerprint density at radius 2 is 2.06 bits per heavy atom. The van der Waals surface area contributed by atoms with Crippen LogP contribution in [0.4, 0.5) is 5.82 Å². The molecule has 0 aromatic carbocycles. The van der Waals surface area contributed by atoms with Gasteiger partial charge in [-0.2, -0.15) is 0 Å². The molecule has 0 unspecified atom stereocenters. The normalized spacial score (nSPS) is 16.5. The van der Waals surface area contributed by atoms with Gasteiger partial charge in [0.25, 0.3) is 5.84 Å². The van der Waals surface area contributed by atoms with Gasteiger partial charge in [-0.3, -0.25) is 4.90 Å². The Balaban J connectivity index is 0.00000108. The molecule has 0 fully saturated rings. The van der Waals surface area contributed by atoms with E-state index >= 15 is 0 Å². The van der Waals surface area contributed by atoms with Crippen LogP contribution >= 0.6 is 31.9 Å². The largest absolute Gasteiger partial charge is 1.00 e. The van der Waals surface area contributed by atoms with E-state index in [4.69, 9.17) is 0 Å². The quantitative estimate of drug-likeness (QED) is 0.383. The summed E-state index contributed by atoms with van der Waals surface area (Å²) in [5, 5.41) is 0. The lowest BCUT2D eigenvalue weighted by atomic mass is 10.3. The van der Waals surface area contributed by atoms with Crippen molar-refractivity contribution in [1.29, 1.82) is 0 Å². The first-order valence-electron chi connectivity index (χ1n) is 4.82. The average molecular weight is 469 g/mol. The Morgan fingerprint density at radius 3 is 2.88 bits per heavy atom. The summed E-state index contributed by atoms with van der Waals surface area (Å²) in [6, 6.07) is 4.01. The average Bonchev–Trinajstić information content (AvgIpc) is 2.26. The van der Waals surface area contributed by atoms with Crippen LogP contribution in [0, 0.1) is 0 Å². The van der Waals surface area contributed by atoms with Crippen LogP contribution in [0.15, 0.2) is 50.6 Å². The van der Waals surface area contributed by atoms with E-state index in [-0.39, 0.29) is 24.0 Å². The van der Waals surface area contributed by atoms with Crippen LogP contribution in [0.25, 0.3) is 0 Å². The fourth-order valence-electron chi connectivity index (χ4n) is 1.73. The molecule has 3 rings (SSSR count). The van der Waals surface area contributed by atoms with Gasteiger partial charge in [-0.25, -0.2) is 4.57 Å². The summed E-state index contributed by atoms with van der Waals surface area (Å²) in [5.74, 6) is 1.95. The smallest absolute Gasteiger partial charge is 0.327 e. The number of allylic oxidation sites excluding steroid dienone is 2. The Hall–Kier alpha value is -0.210. The third-order valence-electron chi connectivity index (χ3n) is 2.46. The molecular formula is C11H8Br2IN3. The molecule has 2 aliphatic rings. The number of amidine groups is 1. The van der Waals surface area contributed by atoms with Gasteiger partial charge in [0.15, 0.2) is 6.67 Å². The van der Waals surface area contributed by atoms with Gasteiger partial charge in [0.2, 0.25) is 0 Å². The maximum absolute atomic E-state index is 4.58. The molecule has 88 valence electrons. The van der Waals surface area contributed by atoms with E-state index in [1.165, 1.54) is 0 Å². The van der Waals surface area contributed by atoms with Crippen molar-refractivity contribution in [2.45, 2.75) is 6.67 Å². The molecule has 0 atom stereocenters. The highest BCUT2D eigenvalue weighted by Gasteiger charge is 2.25. The van der Waals surface area contributed by atoms with E-state index in [1.54, 1.807) is 0 Å². The van der Waals surface area contributed by atoms with Crippen molar-refractivity contribution in [3.63, 3.8) is 0 Å². The Kier molecular flexibility index (Phi) is 4.04. The van der Waals surface area contributed by atoms with Crippen LogP contribution in [0.3, 0.4) is 0 Å². The highest BCUT2D eigenvalue weighted by atomic mass is 127. The number of hydrogen-bond donors (Lipinski definition) is 0. The lowest BCUT2D eigenvalue weighted by molar-refractivity contribution is -0.700. The second-order valence-electron chi connectivity index (χ2n) is 3.60. The van der Waals surface area contributed by atoms with E-state index in [0.29, 0.717) is 0 Å². The zero-order valence-corrected chi connectivity index (χ0v) is 14.0. The van der Waals surface area contributed by atoms with Crippen LogP contribution < -0.4 is 28.5 Å². The number of rotatable bonds is 0. The molecule has 0 bridgehead atoms. The summed E-state index contributed by atoms with van der Waals surface area (Å²) in [6.07, 6.45) is 8.09. The summed E-state index contributed by atoms with van der Waals surface area (Å²) in [6.45, 7) is 0.785. The summed E-state index contributed by atoms with van der Waals surface area (Å²) in [7, 11) is 0. The predicted octanol–water partition coefficient (Wildman–Crippen LogP) is -0.150. The minimum Gasteiger partial charge on any atom is -1.00 e. The molecule has 0 N–H and O–H groups in total. The van der Waals surface area contributed by atoms with Crippen molar-refractivity contribution in [3.05, 3.63) is 45.6 Å². The molecule has 17 heavy (non-hydrogen) atoms. The Bertz CT molecular complexity index is 552. The number of halogens is 3. The van der Waals surface area contributed by atoms with E-state index in [9.17, 15) is 0 Å². The van der Waals surface area contributed by atoms with E-state index in [0.717, 1.165) is 27.3 Å². The molecule has 0 saturated heterocycles. The van der Waals surface area contributed by atoms with Crippen LogP contribution in [-0.2, 0) is 6.67 Å². The predicted molar refractivity (Wildman–Crippen MR) is 69.4 cm³/mol. The number of aliphatic imine (C=N–C) groups is 1. The van der Waals surface area contributed by atoms with E-state index < -0.39 is 0 Å². The highest BCUT2D eigenvalue weighted by molar-refractivity contribution is 9.12. The number of pyridine rings is 1. The van der Waals surface area contributed by atoms with Crippen LogP contribution in [0.2, 0.25) is 0 Å². The molecule has 2 aliphatic heterocycles. The van der Waals surface area contributed by atoms with Crippen LogP contribution in [0.1, 0.15) is 0 Å². The Morgan fingerprint density at radius 1 is 1.24 bits per heavy atom. The first-order chi connectivity index (χ1) is 7.72. The zero-order chi connectivity index (χ0) is 11.1. The van der Waals surface area contributed by atoms with Crippen molar-refractivity contribution in [3.8, 4) is 0 Å². The molecule has 0 spiro atoms. The van der Waals surface area contributed by atoms with E-state index in [2.05, 4.69) is 46.3 Å². The molecule has 3 heterocycles. The fourth-order valence-corrected chi connectivity index (χ4v) is 2.49. The minimum atomic E-state index is 0. The standard InChI is InChI=1S/C11H8Br2N3.HI/c12-8-1-3-10-14-11-4-2-9(13)6-16(11)7-15(10)5-8;/h1-6H,7H2;1H/q+1;/p-1. The maximum atomic E-state index is 4.58. The number of fused-ring (bicyclic) bond motifs is 2. The van der Waals surface area contributed by atoms with Gasteiger partial charge in [-0.05, 0) is 49.0 Å². The first kappa shape index (κ1) is 13.2. The zero-order valence-electron chi connectivity index (χ0n) is 8.65. The minimum absolute atomic E-state index is 0. The molecule has 0 radical (unpaired) electrons. The number of hydrogen-bond acceptors (Lipinski definition) is 2. The van der Waals surface area contributed by atoms with Crippen LogP contribution in [-0.4, -0.2) is 10.7 Å². The topological polar surface area (TPSA) is 19.5 Å². The summed E-state index contributed by atoms with van der Waals surface area (Å²) in [4.78, 5) is 6.68. The van der Waals surface area contributed by atoms with Gasteiger partial charge in [0.05, 0.1) is 4.47 Å². The molecule has 0 aliphatic carbocycles. The maximum Gasteiger partial charge on any atom is 0.327 e. The second-order valence-corrected chi connectivity index (χ2v) is 5.44. The second kappa shape index (κ2) is 5.19. The van der Waals surface area contributed by atoms with Crippen molar-refractivity contribution >= 4 is 43.5 Å². The van der Waals surface area contributed by atoms with Gasteiger partial charge in [-0.15, -0.1) is 0 Å². The fraction of sp³-hybridized carbons (Fsp3) is 0.0909.